The topological polar surface area (TPSA) is 49.4 Å². The van der Waals surface area contributed by atoms with Gasteiger partial charge < -0.3 is 5.32 Å². The molecule has 102 valence electrons. The average Bonchev–Trinajstić information content (AvgIpc) is 2.37. The molecule has 1 N–H and O–H groups in total. The van der Waals surface area contributed by atoms with Crippen LogP contribution in [0.3, 0.4) is 0 Å². The van der Waals surface area contributed by atoms with Crippen molar-refractivity contribution in [2.24, 2.45) is 5.92 Å². The zero-order chi connectivity index (χ0) is 13.8. The number of amides is 1. The van der Waals surface area contributed by atoms with E-state index in [1.165, 1.54) is 24.3 Å². The molecule has 1 aliphatic heterocycles. The van der Waals surface area contributed by atoms with Gasteiger partial charge in [0.2, 0.25) is 5.91 Å². The zero-order valence-corrected chi connectivity index (χ0v) is 10.9. The molecule has 0 bridgehead atoms. The van der Waals surface area contributed by atoms with Crippen LogP contribution in [0.1, 0.15) is 13.3 Å². The summed E-state index contributed by atoms with van der Waals surface area (Å²) in [6.45, 7) is 3.39. The fourth-order valence-electron chi connectivity index (χ4n) is 2.18. The van der Waals surface area contributed by atoms with Crippen LogP contribution in [0, 0.1) is 11.7 Å². The Kier molecular flexibility index (Phi) is 4.27. The maximum atomic E-state index is 12.7. The second-order valence-corrected chi connectivity index (χ2v) is 4.91. The van der Waals surface area contributed by atoms with E-state index in [4.69, 9.17) is 0 Å². The Bertz CT molecular complexity index is 473. The van der Waals surface area contributed by atoms with Crippen molar-refractivity contribution in [1.29, 1.82) is 0 Å². The summed E-state index contributed by atoms with van der Waals surface area (Å²) in [7, 11) is 0. The lowest BCUT2D eigenvalue weighted by Gasteiger charge is -2.29. The molecule has 1 fully saturated rings. The van der Waals surface area contributed by atoms with Gasteiger partial charge in [-0.25, -0.2) is 4.39 Å². The number of benzene rings is 1. The van der Waals surface area contributed by atoms with Crippen LogP contribution in [0.5, 0.6) is 0 Å². The number of hydrogen-bond acceptors (Lipinski definition) is 3. The highest BCUT2D eigenvalue weighted by Crippen LogP contribution is 2.13. The molecule has 4 nitrogen and oxygen atoms in total. The fraction of sp³-hybridized carbons (Fsp3) is 0.429. The Morgan fingerprint density at radius 1 is 1.42 bits per heavy atom. The van der Waals surface area contributed by atoms with E-state index >= 15 is 0 Å². The van der Waals surface area contributed by atoms with Gasteiger partial charge in [-0.05, 0) is 24.3 Å². The molecule has 0 spiro atoms. The number of halogens is 1. The maximum Gasteiger partial charge on any atom is 0.238 e. The molecule has 1 saturated heterocycles. The van der Waals surface area contributed by atoms with Gasteiger partial charge in [0.1, 0.15) is 11.6 Å². The molecule has 0 aliphatic carbocycles. The summed E-state index contributed by atoms with van der Waals surface area (Å²) in [6, 6.07) is 5.65. The third-order valence-corrected chi connectivity index (χ3v) is 3.25. The minimum Gasteiger partial charge on any atom is -0.325 e. The molecule has 1 atom stereocenters. The number of anilines is 1. The summed E-state index contributed by atoms with van der Waals surface area (Å²) in [6.07, 6.45) is 0.505. The van der Waals surface area contributed by atoms with E-state index in [0.717, 1.165) is 0 Å². The molecule has 2 rings (SSSR count). The van der Waals surface area contributed by atoms with Gasteiger partial charge in [-0.2, -0.15) is 0 Å². The van der Waals surface area contributed by atoms with Gasteiger partial charge in [0.05, 0.1) is 6.54 Å². The number of Topliss-reactive ketones (excluding diaryl/α,β-unsaturated/α-hetero) is 1. The summed E-state index contributed by atoms with van der Waals surface area (Å²) in [4.78, 5) is 25.2. The number of carbonyl (C=O) groups excluding carboxylic acids is 2. The number of nitrogens with one attached hydrogen (secondary N) is 1. The third kappa shape index (κ3) is 3.86. The Balaban J connectivity index is 1.84. The first-order valence-electron chi connectivity index (χ1n) is 6.35. The molecule has 5 heteroatoms. The van der Waals surface area contributed by atoms with Crippen molar-refractivity contribution in [3.63, 3.8) is 0 Å². The molecule has 1 heterocycles. The Morgan fingerprint density at radius 2 is 2.11 bits per heavy atom. The normalized spacial score (nSPS) is 20.3. The summed E-state index contributed by atoms with van der Waals surface area (Å²) in [5.74, 6) is -0.225. The molecule has 1 amide bonds. The molecule has 0 radical (unpaired) electrons. The highest BCUT2D eigenvalue weighted by atomic mass is 19.1. The number of ketones is 1. The zero-order valence-electron chi connectivity index (χ0n) is 10.9. The molecule has 1 aromatic carbocycles. The predicted molar refractivity (Wildman–Crippen MR) is 70.3 cm³/mol. The van der Waals surface area contributed by atoms with E-state index in [1.807, 2.05) is 11.8 Å². The van der Waals surface area contributed by atoms with Crippen LogP contribution in [0.15, 0.2) is 24.3 Å². The van der Waals surface area contributed by atoms with Crippen molar-refractivity contribution in [1.82, 2.24) is 4.90 Å². The van der Waals surface area contributed by atoms with Crippen LogP contribution in [0.25, 0.3) is 0 Å². The molecule has 19 heavy (non-hydrogen) atoms. The van der Waals surface area contributed by atoms with E-state index in [9.17, 15) is 14.0 Å². The number of rotatable bonds is 3. The van der Waals surface area contributed by atoms with E-state index in [0.29, 0.717) is 25.2 Å². The van der Waals surface area contributed by atoms with Crippen LogP contribution in [0.2, 0.25) is 0 Å². The van der Waals surface area contributed by atoms with Gasteiger partial charge >= 0.3 is 0 Å². The van der Waals surface area contributed by atoms with Gasteiger partial charge in [0.25, 0.3) is 0 Å². The predicted octanol–water partition coefficient (Wildman–Crippen LogP) is 1.68. The first kappa shape index (κ1) is 13.7. The average molecular weight is 264 g/mol. The summed E-state index contributed by atoms with van der Waals surface area (Å²) < 4.78 is 12.7. The smallest absolute Gasteiger partial charge is 0.238 e. The van der Waals surface area contributed by atoms with Crippen molar-refractivity contribution < 1.29 is 14.0 Å². The lowest BCUT2D eigenvalue weighted by atomic mass is 9.99. The standard InChI is InChI=1S/C14H17FN2O2/c1-10-8-17(7-6-13(10)18)9-14(19)16-12-4-2-11(15)3-5-12/h2-5,10H,6-9H2,1H3,(H,16,19). The van der Waals surface area contributed by atoms with Gasteiger partial charge in [-0.1, -0.05) is 6.92 Å². The molecular weight excluding hydrogens is 247 g/mol. The van der Waals surface area contributed by atoms with Crippen molar-refractivity contribution in [2.75, 3.05) is 25.0 Å². The number of carbonyl (C=O) groups is 2. The van der Waals surface area contributed by atoms with Gasteiger partial charge in [-0.3, -0.25) is 14.5 Å². The second kappa shape index (κ2) is 5.93. The number of piperidine rings is 1. The number of hydrogen-bond donors (Lipinski definition) is 1. The molecule has 1 aliphatic rings. The first-order chi connectivity index (χ1) is 9.04. The van der Waals surface area contributed by atoms with Crippen LogP contribution < -0.4 is 5.32 Å². The molecule has 0 saturated carbocycles. The highest BCUT2D eigenvalue weighted by molar-refractivity contribution is 5.92. The summed E-state index contributed by atoms with van der Waals surface area (Å²) >= 11 is 0. The van der Waals surface area contributed by atoms with Crippen LogP contribution >= 0.6 is 0 Å². The van der Waals surface area contributed by atoms with Gasteiger partial charge in [-0.15, -0.1) is 0 Å². The van der Waals surface area contributed by atoms with Crippen molar-refractivity contribution >= 4 is 17.4 Å². The lowest BCUT2D eigenvalue weighted by Crippen LogP contribution is -2.43. The maximum absolute atomic E-state index is 12.7. The van der Waals surface area contributed by atoms with Gasteiger partial charge in [0.15, 0.2) is 0 Å². The monoisotopic (exact) mass is 264 g/mol. The Hall–Kier alpha value is -1.75. The minimum absolute atomic E-state index is 0.00706. The van der Waals surface area contributed by atoms with E-state index in [1.54, 1.807) is 0 Å². The quantitative estimate of drug-likeness (QED) is 0.903. The van der Waals surface area contributed by atoms with Crippen molar-refractivity contribution in [3.8, 4) is 0 Å². The highest BCUT2D eigenvalue weighted by Gasteiger charge is 2.24. The number of nitrogens with zero attached hydrogens (tertiary/aromatic N) is 1. The molecule has 1 unspecified atom stereocenters. The van der Waals surface area contributed by atoms with Crippen LogP contribution in [-0.4, -0.2) is 36.2 Å². The lowest BCUT2D eigenvalue weighted by molar-refractivity contribution is -0.127. The fourth-order valence-corrected chi connectivity index (χ4v) is 2.18. The van der Waals surface area contributed by atoms with E-state index in [2.05, 4.69) is 5.32 Å². The van der Waals surface area contributed by atoms with E-state index in [-0.39, 0.29) is 30.0 Å². The molecule has 1 aromatic rings. The first-order valence-corrected chi connectivity index (χ1v) is 6.35. The van der Waals surface area contributed by atoms with Gasteiger partial charge in [0, 0.05) is 31.1 Å². The Labute approximate surface area is 111 Å². The summed E-state index contributed by atoms with van der Waals surface area (Å²) in [5.41, 5.74) is 0.576. The van der Waals surface area contributed by atoms with Crippen LogP contribution in [0.4, 0.5) is 10.1 Å². The van der Waals surface area contributed by atoms with Crippen molar-refractivity contribution in [3.05, 3.63) is 30.1 Å². The SMILES string of the molecule is CC1CN(CC(=O)Nc2ccc(F)cc2)CCC1=O. The third-order valence-electron chi connectivity index (χ3n) is 3.25. The minimum atomic E-state index is -0.332. The van der Waals surface area contributed by atoms with Crippen molar-refractivity contribution in [2.45, 2.75) is 13.3 Å². The molecular formula is C14H17FN2O2. The largest absolute Gasteiger partial charge is 0.325 e. The van der Waals surface area contributed by atoms with Crippen LogP contribution in [-0.2, 0) is 9.59 Å². The molecule has 0 aromatic heterocycles. The Morgan fingerprint density at radius 3 is 2.74 bits per heavy atom. The van der Waals surface area contributed by atoms with E-state index < -0.39 is 0 Å². The summed E-state index contributed by atoms with van der Waals surface area (Å²) in [5, 5.41) is 2.71. The number of likely N-dealkylation sites (tertiary alicyclic amines) is 1. The second-order valence-electron chi connectivity index (χ2n) is 4.91.